The number of halogens is 4. The van der Waals surface area contributed by atoms with Gasteiger partial charge >= 0.3 is 0 Å². The van der Waals surface area contributed by atoms with Crippen LogP contribution in [0.3, 0.4) is 0 Å². The maximum atomic E-state index is 14.3. The monoisotopic (exact) mass is 510 g/mol. The van der Waals surface area contributed by atoms with Crippen LogP contribution in [0.15, 0.2) is 30.6 Å². The van der Waals surface area contributed by atoms with Crippen LogP contribution in [0.5, 0.6) is 5.75 Å². The first-order chi connectivity index (χ1) is 16.7. The van der Waals surface area contributed by atoms with Gasteiger partial charge in [-0.1, -0.05) is 17.7 Å². The predicted molar refractivity (Wildman–Crippen MR) is 127 cm³/mol. The number of aromatic nitrogens is 2. The van der Waals surface area contributed by atoms with E-state index in [0.717, 1.165) is 38.3 Å². The molecule has 190 valence electrons. The summed E-state index contributed by atoms with van der Waals surface area (Å²) in [7, 11) is 0. The normalized spacial score (nSPS) is 20.5. The summed E-state index contributed by atoms with van der Waals surface area (Å²) in [5.41, 5.74) is 0.145. The van der Waals surface area contributed by atoms with E-state index in [1.54, 1.807) is 18.5 Å². The Labute approximate surface area is 208 Å². The molecule has 1 aliphatic heterocycles. The highest BCUT2D eigenvalue weighted by Crippen LogP contribution is 2.49. The summed E-state index contributed by atoms with van der Waals surface area (Å²) in [5, 5.41) is 2.65. The molecule has 1 saturated heterocycles. The molecule has 1 N–H and O–H groups in total. The maximum absolute atomic E-state index is 14.3. The Balaban J connectivity index is 1.15. The van der Waals surface area contributed by atoms with Crippen LogP contribution in [0.1, 0.15) is 38.2 Å². The van der Waals surface area contributed by atoms with E-state index in [0.29, 0.717) is 42.1 Å². The fourth-order valence-electron chi connectivity index (χ4n) is 4.76. The Morgan fingerprint density at radius 2 is 1.97 bits per heavy atom. The Kier molecular flexibility index (Phi) is 8.04. The van der Waals surface area contributed by atoms with Crippen molar-refractivity contribution in [2.24, 2.45) is 17.8 Å². The third kappa shape index (κ3) is 7.46. The minimum atomic E-state index is -3.00. The summed E-state index contributed by atoms with van der Waals surface area (Å²) in [6, 6.07) is 4.32. The summed E-state index contributed by atoms with van der Waals surface area (Å²) in [4.78, 5) is 22.6. The Morgan fingerprint density at radius 3 is 2.63 bits per heavy atom. The summed E-state index contributed by atoms with van der Waals surface area (Å²) in [6.45, 7) is 2.33. The van der Waals surface area contributed by atoms with Crippen molar-refractivity contribution in [1.82, 2.24) is 15.3 Å². The van der Waals surface area contributed by atoms with Crippen molar-refractivity contribution >= 4 is 23.5 Å². The van der Waals surface area contributed by atoms with Gasteiger partial charge < -0.3 is 15.0 Å². The van der Waals surface area contributed by atoms with Gasteiger partial charge in [-0.05, 0) is 55.1 Å². The molecular weight excluding hydrogens is 481 g/mol. The molecule has 2 heterocycles. The number of nitrogens with one attached hydrogen (secondary N) is 1. The molecule has 1 saturated carbocycles. The summed E-state index contributed by atoms with van der Waals surface area (Å²) in [6.07, 6.45) is 7.30. The number of piperidine rings is 1. The average molecular weight is 511 g/mol. The number of hydrogen-bond acceptors (Lipinski definition) is 5. The average Bonchev–Trinajstić information content (AvgIpc) is 3.59. The van der Waals surface area contributed by atoms with Crippen molar-refractivity contribution in [2.75, 3.05) is 31.1 Å². The molecule has 0 radical (unpaired) electrons. The second-order valence-electron chi connectivity index (χ2n) is 9.60. The first kappa shape index (κ1) is 25.5. The number of alkyl halides is 2. The molecule has 35 heavy (non-hydrogen) atoms. The summed E-state index contributed by atoms with van der Waals surface area (Å²) < 4.78 is 45.7. The first-order valence-electron chi connectivity index (χ1n) is 12.0. The smallest absolute Gasteiger partial charge is 0.262 e. The van der Waals surface area contributed by atoms with E-state index in [2.05, 4.69) is 20.2 Å². The number of nitrogens with zero attached hydrogens (tertiary/aromatic N) is 3. The molecule has 4 rings (SSSR count). The standard InChI is InChI=1S/C25H30ClF3N4O2/c1-25(28,29)15-32-23(34)11-18-2-3-20(12-22(18)27)35-9-6-17-10-21(17)16-4-7-33(8-5-16)24-30-13-19(26)14-31-24/h2-3,12-14,16-17,21H,4-11,15H2,1H3,(H,32,34)/t17-,21-/m1/s1. The molecule has 1 aromatic heterocycles. The van der Waals surface area contributed by atoms with Crippen LogP contribution < -0.4 is 15.0 Å². The van der Waals surface area contributed by atoms with Crippen molar-refractivity contribution in [3.05, 3.63) is 47.0 Å². The second kappa shape index (κ2) is 11.0. The van der Waals surface area contributed by atoms with Gasteiger partial charge in [-0.2, -0.15) is 0 Å². The molecule has 2 fully saturated rings. The molecule has 10 heteroatoms. The lowest BCUT2D eigenvalue weighted by atomic mass is 9.90. The van der Waals surface area contributed by atoms with E-state index in [9.17, 15) is 18.0 Å². The Hall–Kier alpha value is -2.55. The maximum Gasteiger partial charge on any atom is 0.262 e. The quantitative estimate of drug-likeness (QED) is 0.492. The third-order valence-corrected chi connectivity index (χ3v) is 6.94. The lowest BCUT2D eigenvalue weighted by molar-refractivity contribution is -0.122. The van der Waals surface area contributed by atoms with E-state index >= 15 is 0 Å². The highest BCUT2D eigenvalue weighted by Gasteiger charge is 2.43. The zero-order chi connectivity index (χ0) is 25.0. The molecule has 2 aromatic rings. The Morgan fingerprint density at radius 1 is 1.26 bits per heavy atom. The van der Waals surface area contributed by atoms with E-state index in [-0.39, 0.29) is 12.0 Å². The molecule has 0 unspecified atom stereocenters. The van der Waals surface area contributed by atoms with Gasteiger partial charge in [0, 0.05) is 26.1 Å². The van der Waals surface area contributed by atoms with Crippen LogP contribution in [0.2, 0.25) is 5.02 Å². The first-order valence-corrected chi connectivity index (χ1v) is 12.3. The molecule has 6 nitrogen and oxygen atoms in total. The van der Waals surface area contributed by atoms with Gasteiger partial charge in [0.15, 0.2) is 0 Å². The van der Waals surface area contributed by atoms with Gasteiger partial charge in [-0.3, -0.25) is 4.79 Å². The fraction of sp³-hybridized carbons (Fsp3) is 0.560. The van der Waals surface area contributed by atoms with Gasteiger partial charge in [-0.15, -0.1) is 0 Å². The number of carbonyl (C=O) groups is 1. The van der Waals surface area contributed by atoms with Crippen molar-refractivity contribution in [3.8, 4) is 5.75 Å². The van der Waals surface area contributed by atoms with Crippen molar-refractivity contribution < 1.29 is 22.7 Å². The highest BCUT2D eigenvalue weighted by molar-refractivity contribution is 6.30. The molecule has 1 aliphatic carbocycles. The van der Waals surface area contributed by atoms with Crippen molar-refractivity contribution in [2.45, 2.75) is 45.0 Å². The number of amides is 1. The SMILES string of the molecule is CC(F)(F)CNC(=O)Cc1ccc(OCC[C@@H]2C[C@@H]2C2CCN(c3ncc(Cl)cn3)CC2)cc1F. The molecule has 1 amide bonds. The number of rotatable bonds is 10. The van der Waals surface area contributed by atoms with E-state index < -0.39 is 24.2 Å². The van der Waals surface area contributed by atoms with Crippen LogP contribution in [-0.4, -0.2) is 48.0 Å². The van der Waals surface area contributed by atoms with Gasteiger partial charge in [0.2, 0.25) is 11.9 Å². The second-order valence-corrected chi connectivity index (χ2v) is 10.0. The van der Waals surface area contributed by atoms with Crippen LogP contribution >= 0.6 is 11.6 Å². The minimum absolute atomic E-state index is 0.145. The summed E-state index contributed by atoms with van der Waals surface area (Å²) >= 11 is 5.87. The highest BCUT2D eigenvalue weighted by atomic mass is 35.5. The zero-order valence-corrected chi connectivity index (χ0v) is 20.4. The Bertz CT molecular complexity index is 1010. The molecule has 1 aromatic carbocycles. The molecule has 2 aliphatic rings. The van der Waals surface area contributed by atoms with Crippen LogP contribution in [-0.2, 0) is 11.2 Å². The topological polar surface area (TPSA) is 67.3 Å². The molecule has 0 spiro atoms. The van der Waals surface area contributed by atoms with Gasteiger partial charge in [0.1, 0.15) is 11.6 Å². The van der Waals surface area contributed by atoms with Crippen molar-refractivity contribution in [3.63, 3.8) is 0 Å². The van der Waals surface area contributed by atoms with Gasteiger partial charge in [-0.25, -0.2) is 23.1 Å². The van der Waals surface area contributed by atoms with Crippen LogP contribution in [0.4, 0.5) is 19.1 Å². The largest absolute Gasteiger partial charge is 0.493 e. The van der Waals surface area contributed by atoms with Gasteiger partial charge in [0.25, 0.3) is 5.92 Å². The van der Waals surface area contributed by atoms with E-state index in [1.807, 2.05) is 0 Å². The number of carbonyl (C=O) groups excluding carboxylic acids is 1. The zero-order valence-electron chi connectivity index (χ0n) is 19.7. The van der Waals surface area contributed by atoms with Gasteiger partial charge in [0.05, 0.1) is 37.0 Å². The fourth-order valence-corrected chi connectivity index (χ4v) is 4.85. The minimum Gasteiger partial charge on any atom is -0.493 e. The molecule has 0 bridgehead atoms. The number of hydrogen-bond donors (Lipinski definition) is 1. The molecular formula is C25H30ClF3N4O2. The van der Waals surface area contributed by atoms with E-state index in [1.165, 1.54) is 18.6 Å². The number of ether oxygens (including phenoxy) is 1. The van der Waals surface area contributed by atoms with Crippen molar-refractivity contribution in [1.29, 1.82) is 0 Å². The lowest BCUT2D eigenvalue weighted by Gasteiger charge is -2.32. The third-order valence-electron chi connectivity index (χ3n) is 6.74. The van der Waals surface area contributed by atoms with E-state index in [4.69, 9.17) is 16.3 Å². The number of benzene rings is 1. The summed E-state index contributed by atoms with van der Waals surface area (Å²) in [5.74, 6) is -1.07. The van der Waals surface area contributed by atoms with Crippen LogP contribution in [0.25, 0.3) is 0 Å². The molecule has 2 atom stereocenters. The number of anilines is 1. The van der Waals surface area contributed by atoms with Crippen LogP contribution in [0, 0.1) is 23.6 Å². The lowest BCUT2D eigenvalue weighted by Crippen LogP contribution is -2.35. The predicted octanol–water partition coefficient (Wildman–Crippen LogP) is 4.90.